The Hall–Kier alpha value is -3.64. The van der Waals surface area contributed by atoms with Crippen molar-refractivity contribution in [2.45, 2.75) is 24.3 Å². The van der Waals surface area contributed by atoms with Crippen molar-refractivity contribution in [2.24, 2.45) is 0 Å². The highest BCUT2D eigenvalue weighted by Gasteiger charge is 2.19. The maximum absolute atomic E-state index is 12.5. The van der Waals surface area contributed by atoms with Gasteiger partial charge in [-0.15, -0.1) is 0 Å². The van der Waals surface area contributed by atoms with Gasteiger partial charge in [0, 0.05) is 24.6 Å². The molecule has 0 fully saturated rings. The van der Waals surface area contributed by atoms with E-state index in [9.17, 15) is 13.2 Å². The molecule has 0 spiro atoms. The van der Waals surface area contributed by atoms with Crippen molar-refractivity contribution in [2.75, 3.05) is 26.9 Å². The predicted octanol–water partition coefficient (Wildman–Crippen LogP) is 2.32. The number of hydrogen-bond donors (Lipinski definition) is 1. The van der Waals surface area contributed by atoms with E-state index in [2.05, 4.69) is 14.9 Å². The van der Waals surface area contributed by atoms with Gasteiger partial charge in [-0.3, -0.25) is 4.79 Å². The van der Waals surface area contributed by atoms with Crippen molar-refractivity contribution in [3.05, 3.63) is 48.4 Å². The van der Waals surface area contributed by atoms with Crippen molar-refractivity contribution < 1.29 is 36.7 Å². The van der Waals surface area contributed by atoms with Crippen LogP contribution in [0.25, 0.3) is 11.4 Å². The van der Waals surface area contributed by atoms with E-state index in [1.54, 1.807) is 37.4 Å². The second-order valence-corrected chi connectivity index (χ2v) is 8.98. The van der Waals surface area contributed by atoms with Gasteiger partial charge < -0.3 is 23.5 Å². The molecule has 3 aromatic rings. The number of ether oxygens (including phenoxy) is 4. The fraction of sp³-hybridized carbons (Fsp3) is 0.318. The SMILES string of the molecule is COc1cccc(-c2noc(COC(=O)CCCNS(=O)(=O)c3ccc4c(c3)OCCO4)n2)c1. The Morgan fingerprint density at radius 3 is 2.76 bits per heavy atom. The molecule has 0 amide bonds. The van der Waals surface area contributed by atoms with Crippen LogP contribution in [0.3, 0.4) is 0 Å². The number of benzene rings is 2. The molecule has 2 heterocycles. The Balaban J connectivity index is 1.21. The van der Waals surface area contributed by atoms with Crippen LogP contribution in [-0.2, 0) is 26.2 Å². The average molecular weight is 490 g/mol. The van der Waals surface area contributed by atoms with Crippen LogP contribution in [0.15, 0.2) is 51.9 Å². The molecular formula is C22H23N3O8S. The Morgan fingerprint density at radius 1 is 1.12 bits per heavy atom. The first-order valence-corrected chi connectivity index (χ1v) is 11.9. The lowest BCUT2D eigenvalue weighted by Crippen LogP contribution is -2.25. The minimum absolute atomic E-state index is 0.0144. The van der Waals surface area contributed by atoms with E-state index in [-0.39, 0.29) is 36.8 Å². The topological polar surface area (TPSA) is 139 Å². The maximum Gasteiger partial charge on any atom is 0.306 e. The summed E-state index contributed by atoms with van der Waals surface area (Å²) in [6.07, 6.45) is 0.266. The molecule has 0 radical (unpaired) electrons. The van der Waals surface area contributed by atoms with Crippen molar-refractivity contribution in [3.8, 4) is 28.6 Å². The maximum atomic E-state index is 12.5. The van der Waals surface area contributed by atoms with E-state index in [0.29, 0.717) is 41.9 Å². The fourth-order valence-electron chi connectivity index (χ4n) is 3.12. The number of carbonyl (C=O) groups excluding carboxylic acids is 1. The Kier molecular flexibility index (Phi) is 7.28. The summed E-state index contributed by atoms with van der Waals surface area (Å²) in [7, 11) is -2.20. The van der Waals surface area contributed by atoms with Gasteiger partial charge in [0.25, 0.3) is 5.89 Å². The average Bonchev–Trinajstić information content (AvgIpc) is 3.34. The standard InChI is InChI=1S/C22H23N3O8S/c1-29-16-5-2-4-15(12-16)22-24-20(33-25-22)14-32-21(26)6-3-9-23-34(27,28)17-7-8-18-19(13-17)31-11-10-30-18/h2,4-5,7-8,12-13,23H,3,6,9-11,14H2,1H3. The zero-order chi connectivity index (χ0) is 24.0. The van der Waals surface area contributed by atoms with Crippen LogP contribution in [0.5, 0.6) is 17.2 Å². The molecule has 0 bridgehead atoms. The Labute approximate surface area is 196 Å². The van der Waals surface area contributed by atoms with Gasteiger partial charge in [0.15, 0.2) is 18.1 Å². The van der Waals surface area contributed by atoms with Crippen LogP contribution in [0.1, 0.15) is 18.7 Å². The highest BCUT2D eigenvalue weighted by Crippen LogP contribution is 2.32. The van der Waals surface area contributed by atoms with E-state index < -0.39 is 16.0 Å². The first-order valence-electron chi connectivity index (χ1n) is 10.5. The largest absolute Gasteiger partial charge is 0.497 e. The van der Waals surface area contributed by atoms with Crippen molar-refractivity contribution in [3.63, 3.8) is 0 Å². The van der Waals surface area contributed by atoms with Crippen LogP contribution in [-0.4, -0.2) is 51.4 Å². The van der Waals surface area contributed by atoms with Crippen LogP contribution in [0.4, 0.5) is 0 Å². The quantitative estimate of drug-likeness (QED) is 0.333. The summed E-state index contributed by atoms with van der Waals surface area (Å²) in [4.78, 5) is 16.3. The van der Waals surface area contributed by atoms with E-state index in [1.165, 1.54) is 12.1 Å². The van der Waals surface area contributed by atoms with Crippen LogP contribution < -0.4 is 18.9 Å². The number of carbonyl (C=O) groups is 1. The van der Waals surface area contributed by atoms with E-state index in [0.717, 1.165) is 0 Å². The minimum atomic E-state index is -3.76. The second-order valence-electron chi connectivity index (χ2n) is 7.21. The third-order valence-electron chi connectivity index (χ3n) is 4.83. The molecule has 180 valence electrons. The molecule has 11 nitrogen and oxygen atoms in total. The summed E-state index contributed by atoms with van der Waals surface area (Å²) >= 11 is 0. The molecule has 0 saturated heterocycles. The molecule has 2 aromatic carbocycles. The number of nitrogens with zero attached hydrogens (tertiary/aromatic N) is 2. The van der Waals surface area contributed by atoms with Gasteiger partial charge in [-0.05, 0) is 30.7 Å². The van der Waals surface area contributed by atoms with Crippen LogP contribution in [0, 0.1) is 0 Å². The third-order valence-corrected chi connectivity index (χ3v) is 6.29. The first kappa shape index (κ1) is 23.5. The fourth-order valence-corrected chi connectivity index (χ4v) is 4.21. The van der Waals surface area contributed by atoms with Gasteiger partial charge in [-0.1, -0.05) is 17.3 Å². The van der Waals surface area contributed by atoms with Crippen molar-refractivity contribution >= 4 is 16.0 Å². The smallest absolute Gasteiger partial charge is 0.306 e. The van der Waals surface area contributed by atoms with Crippen molar-refractivity contribution in [1.29, 1.82) is 0 Å². The van der Waals surface area contributed by atoms with Gasteiger partial charge in [0.05, 0.1) is 12.0 Å². The van der Waals surface area contributed by atoms with Gasteiger partial charge in [0.2, 0.25) is 15.8 Å². The second kappa shape index (κ2) is 10.5. The van der Waals surface area contributed by atoms with E-state index in [1.807, 2.05) is 0 Å². The number of sulfonamides is 1. The number of nitrogens with one attached hydrogen (secondary N) is 1. The number of aromatic nitrogens is 2. The summed E-state index contributed by atoms with van der Waals surface area (Å²) in [6, 6.07) is 11.6. The molecule has 1 aromatic heterocycles. The van der Waals surface area contributed by atoms with Crippen molar-refractivity contribution in [1.82, 2.24) is 14.9 Å². The van der Waals surface area contributed by atoms with Crippen LogP contribution >= 0.6 is 0 Å². The van der Waals surface area contributed by atoms with E-state index in [4.69, 9.17) is 23.5 Å². The molecule has 0 aliphatic carbocycles. The molecule has 34 heavy (non-hydrogen) atoms. The number of methoxy groups -OCH3 is 1. The van der Waals surface area contributed by atoms with Gasteiger partial charge in [0.1, 0.15) is 19.0 Å². The zero-order valence-corrected chi connectivity index (χ0v) is 19.2. The summed E-state index contributed by atoms with van der Waals surface area (Å²) in [5.74, 6) is 1.52. The minimum Gasteiger partial charge on any atom is -0.497 e. The predicted molar refractivity (Wildman–Crippen MR) is 118 cm³/mol. The molecule has 1 N–H and O–H groups in total. The Bertz CT molecular complexity index is 1260. The number of fused-ring (bicyclic) bond motifs is 1. The molecule has 0 atom stereocenters. The zero-order valence-electron chi connectivity index (χ0n) is 18.4. The third kappa shape index (κ3) is 5.83. The lowest BCUT2D eigenvalue weighted by molar-refractivity contribution is -0.145. The number of hydrogen-bond acceptors (Lipinski definition) is 10. The molecule has 0 unspecified atom stereocenters. The molecule has 1 aliphatic rings. The normalized spacial score (nSPS) is 12.9. The highest BCUT2D eigenvalue weighted by molar-refractivity contribution is 7.89. The van der Waals surface area contributed by atoms with Gasteiger partial charge >= 0.3 is 5.97 Å². The van der Waals surface area contributed by atoms with E-state index >= 15 is 0 Å². The summed E-state index contributed by atoms with van der Waals surface area (Å²) < 4.78 is 53.6. The molecular weight excluding hydrogens is 466 g/mol. The number of rotatable bonds is 10. The number of esters is 1. The molecule has 12 heteroatoms. The molecule has 0 saturated carbocycles. The summed E-state index contributed by atoms with van der Waals surface area (Å²) in [6.45, 7) is 0.659. The van der Waals surface area contributed by atoms with Gasteiger partial charge in [-0.2, -0.15) is 4.98 Å². The van der Waals surface area contributed by atoms with Gasteiger partial charge in [-0.25, -0.2) is 13.1 Å². The first-order chi connectivity index (χ1) is 16.4. The molecule has 1 aliphatic heterocycles. The Morgan fingerprint density at radius 2 is 1.94 bits per heavy atom. The molecule has 4 rings (SSSR count). The lowest BCUT2D eigenvalue weighted by atomic mass is 10.2. The van der Waals surface area contributed by atoms with Crippen LogP contribution in [0.2, 0.25) is 0 Å². The highest BCUT2D eigenvalue weighted by atomic mass is 32.2. The summed E-state index contributed by atoms with van der Waals surface area (Å²) in [5.41, 5.74) is 0.700. The monoisotopic (exact) mass is 489 g/mol. The lowest BCUT2D eigenvalue weighted by Gasteiger charge is -2.18. The summed E-state index contributed by atoms with van der Waals surface area (Å²) in [5, 5.41) is 3.87.